The van der Waals surface area contributed by atoms with E-state index in [0.717, 1.165) is 5.56 Å². The van der Waals surface area contributed by atoms with Gasteiger partial charge in [-0.15, -0.1) is 0 Å². The predicted octanol–water partition coefficient (Wildman–Crippen LogP) is 5.18. The number of ether oxygens (including phenoxy) is 5. The molecule has 1 aromatic carbocycles. The first-order valence-corrected chi connectivity index (χ1v) is 25.6. The molecule has 432 valence electrons. The first-order valence-electron chi connectivity index (χ1n) is 25.6. The first-order chi connectivity index (χ1) is 34.6. The van der Waals surface area contributed by atoms with Crippen molar-refractivity contribution in [1.82, 2.24) is 31.9 Å². The Hall–Kier alpha value is -5.77. The maximum Gasteiger partial charge on any atom is 0.308 e. The summed E-state index contributed by atoms with van der Waals surface area (Å²) >= 11 is 0. The number of hydrogen-bond donors (Lipinski definition) is 6. The summed E-state index contributed by atoms with van der Waals surface area (Å²) in [4.78, 5) is 124. The number of amides is 6. The minimum Gasteiger partial charge on any atom is -0.460 e. The normalized spacial score (nSPS) is 14.7. The molecule has 0 saturated carbocycles. The van der Waals surface area contributed by atoms with Crippen LogP contribution in [0.5, 0.6) is 0 Å². The van der Waals surface area contributed by atoms with E-state index in [1.807, 2.05) is 0 Å². The molecule has 0 heterocycles. The van der Waals surface area contributed by atoms with Gasteiger partial charge in [-0.1, -0.05) is 58.9 Å². The molecule has 1 aromatic rings. The zero-order valence-electron chi connectivity index (χ0n) is 48.1. The van der Waals surface area contributed by atoms with E-state index in [-0.39, 0.29) is 25.2 Å². The molecule has 0 unspecified atom stereocenters. The minimum atomic E-state index is -3.24. The first kappa shape index (κ1) is 68.2. The lowest BCUT2D eigenvalue weighted by Gasteiger charge is -2.34. The van der Waals surface area contributed by atoms with Gasteiger partial charge in [-0.3, -0.25) is 43.2 Å². The summed E-state index contributed by atoms with van der Waals surface area (Å²) in [6.45, 7) is 25.6. The molecule has 0 aliphatic heterocycles. The van der Waals surface area contributed by atoms with Crippen molar-refractivity contribution in [3.8, 4) is 0 Å². The second kappa shape index (κ2) is 29.7. The van der Waals surface area contributed by atoms with Crippen LogP contribution in [0.15, 0.2) is 24.3 Å². The summed E-state index contributed by atoms with van der Waals surface area (Å²) in [6.07, 6.45) is -4.58. The fourth-order valence-electron chi connectivity index (χ4n) is 7.56. The summed E-state index contributed by atoms with van der Waals surface area (Å²) < 4.78 is 55.3. The van der Waals surface area contributed by atoms with E-state index >= 15 is 0 Å². The van der Waals surface area contributed by atoms with Gasteiger partial charge in [0.05, 0.1) is 18.9 Å². The standard InChI is InChI=1S/C54H88F2N6O14/c1-31(2)27-35(45(68)61-38(30-54(16,55)56)49(72-17)73-18)60-48(71)43(50(4,5)6)62-47(70)36(28-33-22-20-19-21-32(33)3)59-44(67)34(23-25-40(64)74-51(7,8)9)58-46(69)37(29-42(66)76-53(13,14)15)57-39(63)24-26-41(65)75-52(10,11)12/h19-22,31,34-38,43,49H,23-30H2,1-18H3,(H,57,63)(H,58,69)(H,59,67)(H,60,71)(H,61,68)(H,62,70)/t34-,35-,36-,37-,38-,43+/m0/s1. The highest BCUT2D eigenvalue weighted by Gasteiger charge is 2.40. The smallest absolute Gasteiger partial charge is 0.308 e. The SMILES string of the molecule is COC(OC)[C@H](CC(C)(F)F)NC(=O)[C@H](CC(C)C)NC(=O)[C@@H](NC(=O)[C@H](Cc1ccccc1C)NC(=O)[C@H](CCC(=O)OC(C)(C)C)NC(=O)[C@H](CC(=O)OC(C)(C)C)NC(=O)CCC(=O)OC(C)(C)C)C(C)(C)C. The fraction of sp³-hybridized carbons (Fsp3) is 0.722. The molecule has 22 heteroatoms. The third kappa shape index (κ3) is 27.8. The average molecular weight is 1080 g/mol. The van der Waals surface area contributed by atoms with Gasteiger partial charge in [-0.05, 0) is 111 Å². The lowest BCUT2D eigenvalue weighted by molar-refractivity contribution is -0.158. The third-order valence-corrected chi connectivity index (χ3v) is 10.9. The number of alkyl halides is 2. The van der Waals surface area contributed by atoms with E-state index in [0.29, 0.717) is 12.5 Å². The predicted molar refractivity (Wildman–Crippen MR) is 279 cm³/mol. The van der Waals surface area contributed by atoms with Crippen LogP contribution in [0.3, 0.4) is 0 Å². The Morgan fingerprint density at radius 2 is 1.00 bits per heavy atom. The zero-order valence-corrected chi connectivity index (χ0v) is 48.1. The Balaban J connectivity index is 3.81. The number of esters is 3. The number of methoxy groups -OCH3 is 2. The molecule has 6 N–H and O–H groups in total. The number of carbonyl (C=O) groups excluding carboxylic acids is 9. The van der Waals surface area contributed by atoms with Crippen molar-refractivity contribution in [3.05, 3.63) is 35.4 Å². The number of nitrogens with one attached hydrogen (secondary N) is 6. The zero-order chi connectivity index (χ0) is 58.7. The highest BCUT2D eigenvalue weighted by Crippen LogP contribution is 2.24. The molecule has 0 aliphatic carbocycles. The third-order valence-electron chi connectivity index (χ3n) is 10.9. The summed E-state index contributed by atoms with van der Waals surface area (Å²) in [5.74, 6) is -11.1. The van der Waals surface area contributed by atoms with Crippen molar-refractivity contribution in [1.29, 1.82) is 0 Å². The molecule has 0 saturated heterocycles. The van der Waals surface area contributed by atoms with E-state index in [1.54, 1.807) is 128 Å². The monoisotopic (exact) mass is 1080 g/mol. The van der Waals surface area contributed by atoms with Crippen LogP contribution in [0.1, 0.15) is 160 Å². The van der Waals surface area contributed by atoms with E-state index in [9.17, 15) is 51.9 Å². The van der Waals surface area contributed by atoms with Crippen LogP contribution in [0.4, 0.5) is 8.78 Å². The molecule has 0 aromatic heterocycles. The van der Waals surface area contributed by atoms with Gasteiger partial charge in [0.25, 0.3) is 0 Å². The molecule has 0 radical (unpaired) electrons. The maximum absolute atomic E-state index is 14.7. The molecule has 1 rings (SSSR count). The molecule has 0 bridgehead atoms. The summed E-state index contributed by atoms with van der Waals surface area (Å²) in [6, 6.07) is -1.81. The average Bonchev–Trinajstić information content (AvgIpc) is 3.23. The van der Waals surface area contributed by atoms with Gasteiger partial charge in [0.1, 0.15) is 47.0 Å². The Labute approximate surface area is 448 Å². The van der Waals surface area contributed by atoms with Gasteiger partial charge in [-0.2, -0.15) is 0 Å². The molecular formula is C54H88F2N6O14. The van der Waals surface area contributed by atoms with Crippen LogP contribution < -0.4 is 31.9 Å². The van der Waals surface area contributed by atoms with Gasteiger partial charge in [0.15, 0.2) is 6.29 Å². The number of benzene rings is 1. The number of carbonyl (C=O) groups is 9. The molecule has 0 fully saturated rings. The van der Waals surface area contributed by atoms with Gasteiger partial charge in [0, 0.05) is 39.9 Å². The maximum atomic E-state index is 14.7. The molecule has 6 amide bonds. The van der Waals surface area contributed by atoms with Crippen LogP contribution in [-0.2, 0) is 73.3 Å². The van der Waals surface area contributed by atoms with E-state index in [1.165, 1.54) is 14.2 Å². The summed E-state index contributed by atoms with van der Waals surface area (Å²) in [5.41, 5.74) is -2.51. The molecule has 0 spiro atoms. The van der Waals surface area contributed by atoms with Crippen LogP contribution in [0.2, 0.25) is 0 Å². The minimum absolute atomic E-state index is 0.0546. The molecular weight excluding hydrogens is 995 g/mol. The number of rotatable bonds is 28. The largest absolute Gasteiger partial charge is 0.460 e. The second-order valence-corrected chi connectivity index (χ2v) is 23.6. The number of halogens is 2. The van der Waals surface area contributed by atoms with Crippen molar-refractivity contribution in [2.24, 2.45) is 11.3 Å². The molecule has 0 aliphatic rings. The highest BCUT2D eigenvalue weighted by molar-refractivity contribution is 5.98. The Morgan fingerprint density at radius 3 is 1.49 bits per heavy atom. The molecule has 20 nitrogen and oxygen atoms in total. The van der Waals surface area contributed by atoms with Crippen LogP contribution in [-0.4, -0.2) is 133 Å². The van der Waals surface area contributed by atoms with Crippen molar-refractivity contribution in [2.45, 2.75) is 227 Å². The lowest BCUT2D eigenvalue weighted by atomic mass is 9.85. The van der Waals surface area contributed by atoms with Crippen molar-refractivity contribution < 1.29 is 75.6 Å². The van der Waals surface area contributed by atoms with Crippen LogP contribution in [0.25, 0.3) is 0 Å². The topological polar surface area (TPSA) is 272 Å². The Bertz CT molecular complexity index is 2130. The van der Waals surface area contributed by atoms with Crippen molar-refractivity contribution in [3.63, 3.8) is 0 Å². The highest BCUT2D eigenvalue weighted by atomic mass is 19.3. The Morgan fingerprint density at radius 1 is 0.539 bits per heavy atom. The van der Waals surface area contributed by atoms with Crippen molar-refractivity contribution in [2.75, 3.05) is 14.2 Å². The number of hydrogen-bond acceptors (Lipinski definition) is 14. The van der Waals surface area contributed by atoms with E-state index in [4.69, 9.17) is 23.7 Å². The lowest BCUT2D eigenvalue weighted by Crippen LogP contribution is -2.62. The fourth-order valence-corrected chi connectivity index (χ4v) is 7.56. The van der Waals surface area contributed by atoms with Gasteiger partial charge >= 0.3 is 17.9 Å². The van der Waals surface area contributed by atoms with Gasteiger partial charge in [0.2, 0.25) is 41.4 Å². The number of aryl methyl sites for hydroxylation is 1. The van der Waals surface area contributed by atoms with Crippen LogP contribution in [0, 0.1) is 18.3 Å². The van der Waals surface area contributed by atoms with Crippen molar-refractivity contribution >= 4 is 53.4 Å². The van der Waals surface area contributed by atoms with Gasteiger partial charge < -0.3 is 55.6 Å². The van der Waals surface area contributed by atoms with E-state index in [2.05, 4.69) is 31.9 Å². The summed E-state index contributed by atoms with van der Waals surface area (Å²) in [5, 5.41) is 15.6. The van der Waals surface area contributed by atoms with Gasteiger partial charge in [-0.25, -0.2) is 8.78 Å². The van der Waals surface area contributed by atoms with E-state index < -0.39 is 156 Å². The Kier molecular flexibility index (Phi) is 26.6. The molecule has 76 heavy (non-hydrogen) atoms. The summed E-state index contributed by atoms with van der Waals surface area (Å²) in [7, 11) is 2.46. The second-order valence-electron chi connectivity index (χ2n) is 23.6. The quantitative estimate of drug-likeness (QED) is 0.0359. The van der Waals surface area contributed by atoms with Crippen LogP contribution >= 0.6 is 0 Å². The molecule has 6 atom stereocenters.